The van der Waals surface area contributed by atoms with Crippen molar-refractivity contribution in [3.05, 3.63) is 70.4 Å². The van der Waals surface area contributed by atoms with Crippen molar-refractivity contribution in [2.45, 2.75) is 25.5 Å². The Hall–Kier alpha value is -3.62. The van der Waals surface area contributed by atoms with Crippen molar-refractivity contribution in [3.8, 4) is 28.5 Å². The molecule has 8 heteroatoms. The third kappa shape index (κ3) is 5.40. The lowest BCUT2D eigenvalue weighted by molar-refractivity contribution is 0.0511. The van der Waals surface area contributed by atoms with Crippen molar-refractivity contribution in [2.24, 2.45) is 0 Å². The highest BCUT2D eigenvalue weighted by Gasteiger charge is 2.26. The van der Waals surface area contributed by atoms with E-state index in [0.29, 0.717) is 29.5 Å². The number of thiophene rings is 1. The molecule has 37 heavy (non-hydrogen) atoms. The van der Waals surface area contributed by atoms with E-state index < -0.39 is 0 Å². The molecule has 1 aliphatic rings. The molecule has 1 saturated heterocycles. The first-order valence-corrected chi connectivity index (χ1v) is 13.1. The Morgan fingerprint density at radius 2 is 1.89 bits per heavy atom. The molecule has 0 spiro atoms. The van der Waals surface area contributed by atoms with Crippen molar-refractivity contribution in [3.63, 3.8) is 0 Å². The van der Waals surface area contributed by atoms with Crippen LogP contribution in [0.5, 0.6) is 17.2 Å². The lowest BCUT2D eigenvalue weighted by Crippen LogP contribution is -2.36. The van der Waals surface area contributed by atoms with E-state index >= 15 is 0 Å². The number of rotatable bonds is 9. The monoisotopic (exact) mass is 518 g/mol. The number of carbonyl (C=O) groups excluding carboxylic acids is 1. The van der Waals surface area contributed by atoms with Gasteiger partial charge in [0.05, 0.1) is 43.5 Å². The quantitative estimate of drug-likeness (QED) is 0.279. The smallest absolute Gasteiger partial charge is 0.264 e. The summed E-state index contributed by atoms with van der Waals surface area (Å²) >= 11 is 1.45. The predicted molar refractivity (Wildman–Crippen MR) is 145 cm³/mol. The molecule has 1 aliphatic heterocycles. The van der Waals surface area contributed by atoms with Gasteiger partial charge >= 0.3 is 0 Å². The molecule has 0 saturated carbocycles. The summed E-state index contributed by atoms with van der Waals surface area (Å²) < 4.78 is 22.4. The first-order valence-electron chi connectivity index (χ1n) is 12.2. The summed E-state index contributed by atoms with van der Waals surface area (Å²) in [7, 11) is 4.87. The van der Waals surface area contributed by atoms with Crippen molar-refractivity contribution in [1.29, 1.82) is 0 Å². The Morgan fingerprint density at radius 3 is 2.59 bits per heavy atom. The van der Waals surface area contributed by atoms with Crippen LogP contribution in [-0.2, 0) is 11.3 Å². The number of nitrogens with zero attached hydrogens (tertiary/aromatic N) is 2. The summed E-state index contributed by atoms with van der Waals surface area (Å²) in [6.07, 6.45) is 1.99. The zero-order valence-corrected chi connectivity index (χ0v) is 22.0. The summed E-state index contributed by atoms with van der Waals surface area (Å²) in [5, 5.41) is 2.83. The molecule has 1 fully saturated rings. The minimum absolute atomic E-state index is 0.00509. The van der Waals surface area contributed by atoms with Crippen molar-refractivity contribution >= 4 is 28.1 Å². The second-order valence-corrected chi connectivity index (χ2v) is 9.87. The van der Waals surface area contributed by atoms with Gasteiger partial charge in [-0.1, -0.05) is 18.2 Å². The second-order valence-electron chi connectivity index (χ2n) is 8.93. The van der Waals surface area contributed by atoms with Crippen LogP contribution in [0.25, 0.3) is 22.2 Å². The molecule has 1 atom stereocenters. The summed E-state index contributed by atoms with van der Waals surface area (Å²) in [5.41, 5.74) is 3.40. The first kappa shape index (κ1) is 25.0. The maximum atomic E-state index is 13.6. The van der Waals surface area contributed by atoms with Gasteiger partial charge in [-0.25, -0.2) is 4.98 Å². The van der Waals surface area contributed by atoms with Crippen LogP contribution in [0.15, 0.2) is 60.0 Å². The average Bonchev–Trinajstić information content (AvgIpc) is 3.66. The molecule has 0 radical (unpaired) electrons. The van der Waals surface area contributed by atoms with Crippen molar-refractivity contribution in [2.75, 3.05) is 34.5 Å². The second kappa shape index (κ2) is 11.2. The van der Waals surface area contributed by atoms with E-state index in [9.17, 15) is 4.79 Å². The van der Waals surface area contributed by atoms with Crippen molar-refractivity contribution in [1.82, 2.24) is 9.88 Å². The molecule has 192 valence electrons. The maximum absolute atomic E-state index is 13.6. The van der Waals surface area contributed by atoms with E-state index in [-0.39, 0.29) is 12.0 Å². The van der Waals surface area contributed by atoms with Crippen LogP contribution in [0.1, 0.15) is 28.1 Å². The van der Waals surface area contributed by atoms with Crippen molar-refractivity contribution < 1.29 is 23.7 Å². The number of benzene rings is 2. The summed E-state index contributed by atoms with van der Waals surface area (Å²) in [6, 6.07) is 17.5. The largest absolute Gasteiger partial charge is 0.497 e. The fraction of sp³-hybridized carbons (Fsp3) is 0.310. The molecular weight excluding hydrogens is 488 g/mol. The zero-order chi connectivity index (χ0) is 25.8. The van der Waals surface area contributed by atoms with Crippen LogP contribution in [0, 0.1) is 0 Å². The molecule has 7 nitrogen and oxygen atoms in total. The number of ether oxygens (including phenoxy) is 4. The number of methoxy groups -OCH3 is 3. The van der Waals surface area contributed by atoms with Gasteiger partial charge in [-0.05, 0) is 54.1 Å². The van der Waals surface area contributed by atoms with Gasteiger partial charge in [0.1, 0.15) is 5.75 Å². The van der Waals surface area contributed by atoms with Crippen LogP contribution >= 0.6 is 11.3 Å². The van der Waals surface area contributed by atoms with Gasteiger partial charge in [-0.2, -0.15) is 0 Å². The van der Waals surface area contributed by atoms with E-state index in [4.69, 9.17) is 23.9 Å². The van der Waals surface area contributed by atoms with E-state index in [0.717, 1.165) is 52.9 Å². The van der Waals surface area contributed by atoms with E-state index in [2.05, 4.69) is 6.07 Å². The molecule has 3 heterocycles. The van der Waals surface area contributed by atoms with Crippen LogP contribution < -0.4 is 14.2 Å². The maximum Gasteiger partial charge on any atom is 0.264 e. The van der Waals surface area contributed by atoms with Gasteiger partial charge in [-0.15, -0.1) is 11.3 Å². The lowest BCUT2D eigenvalue weighted by Gasteiger charge is -2.26. The Balaban J connectivity index is 1.62. The number of hydrogen-bond donors (Lipinski definition) is 0. The fourth-order valence-corrected chi connectivity index (χ4v) is 5.39. The molecule has 0 N–H and O–H groups in total. The topological polar surface area (TPSA) is 70.1 Å². The number of pyridine rings is 1. The van der Waals surface area contributed by atoms with Gasteiger partial charge in [-0.3, -0.25) is 4.79 Å². The van der Waals surface area contributed by atoms with Gasteiger partial charge in [0.2, 0.25) is 0 Å². The third-order valence-corrected chi connectivity index (χ3v) is 7.43. The first-order chi connectivity index (χ1) is 18.1. The lowest BCUT2D eigenvalue weighted by atomic mass is 10.0. The number of aromatic nitrogens is 1. The number of amides is 1. The number of hydrogen-bond acceptors (Lipinski definition) is 7. The summed E-state index contributed by atoms with van der Waals surface area (Å²) in [6.45, 7) is 1.65. The minimum atomic E-state index is -0.00509. The van der Waals surface area contributed by atoms with Gasteiger partial charge in [0, 0.05) is 36.7 Å². The van der Waals surface area contributed by atoms with E-state index in [1.165, 1.54) is 11.3 Å². The highest BCUT2D eigenvalue weighted by molar-refractivity contribution is 7.12. The number of carbonyl (C=O) groups is 1. The minimum Gasteiger partial charge on any atom is -0.497 e. The van der Waals surface area contributed by atoms with Gasteiger partial charge in [0.15, 0.2) is 11.5 Å². The molecule has 4 aromatic rings. The van der Waals surface area contributed by atoms with Gasteiger partial charge in [0.25, 0.3) is 5.91 Å². The Labute approximate surface area is 220 Å². The third-order valence-electron chi connectivity index (χ3n) is 6.57. The van der Waals surface area contributed by atoms with E-state index in [1.54, 1.807) is 21.3 Å². The van der Waals surface area contributed by atoms with Gasteiger partial charge < -0.3 is 23.8 Å². The van der Waals surface area contributed by atoms with Crippen LogP contribution in [0.4, 0.5) is 0 Å². The standard InChI is InChI=1S/C29H30N2O5S/c1-33-22-8-4-7-19(14-22)28-21(13-20-15-25(34-2)26(35-3)16-24(20)30-28)17-31(18-23-9-5-11-36-23)29(32)27-10-6-12-37-27/h4,6-8,10,12-16,23H,5,9,11,17-18H2,1-3H3/t23-/m1/s1. The molecule has 5 rings (SSSR count). The Bertz CT molecular complexity index is 1380. The zero-order valence-electron chi connectivity index (χ0n) is 21.2. The highest BCUT2D eigenvalue weighted by atomic mass is 32.1. The van der Waals surface area contributed by atoms with Crippen LogP contribution in [0.3, 0.4) is 0 Å². The average molecular weight is 519 g/mol. The van der Waals surface area contributed by atoms with Crippen LogP contribution in [0.2, 0.25) is 0 Å². The molecule has 2 aromatic heterocycles. The predicted octanol–water partition coefficient (Wildman–Crippen LogP) is 5.81. The molecule has 0 bridgehead atoms. The fourth-order valence-electron chi connectivity index (χ4n) is 4.70. The molecular formula is C29H30N2O5S. The molecule has 0 unspecified atom stereocenters. The highest BCUT2D eigenvalue weighted by Crippen LogP contribution is 2.35. The normalized spacial score (nSPS) is 15.1. The Kier molecular flexibility index (Phi) is 7.58. The van der Waals surface area contributed by atoms with Crippen LogP contribution in [-0.4, -0.2) is 56.4 Å². The molecule has 0 aliphatic carbocycles. The summed E-state index contributed by atoms with van der Waals surface area (Å²) in [5.74, 6) is 1.97. The molecule has 1 amide bonds. The summed E-state index contributed by atoms with van der Waals surface area (Å²) in [4.78, 5) is 21.2. The number of fused-ring (bicyclic) bond motifs is 1. The Morgan fingerprint density at radius 1 is 1.05 bits per heavy atom. The van der Waals surface area contributed by atoms with E-state index in [1.807, 2.05) is 58.8 Å². The molecule has 2 aromatic carbocycles. The SMILES string of the molecule is COc1cccc(-c2nc3cc(OC)c(OC)cc3cc2CN(C[C@H]2CCCO2)C(=O)c2cccs2)c1.